The van der Waals surface area contributed by atoms with Gasteiger partial charge >= 0.3 is 6.03 Å². The van der Waals surface area contributed by atoms with Crippen molar-refractivity contribution in [3.63, 3.8) is 0 Å². The summed E-state index contributed by atoms with van der Waals surface area (Å²) in [6.07, 6.45) is 0.983. The van der Waals surface area contributed by atoms with Gasteiger partial charge in [0.05, 0.1) is 11.1 Å². The summed E-state index contributed by atoms with van der Waals surface area (Å²) in [5, 5.41) is 5.37. The summed E-state index contributed by atoms with van der Waals surface area (Å²) in [6, 6.07) is 20.6. The molecule has 0 fully saturated rings. The summed E-state index contributed by atoms with van der Waals surface area (Å²) in [4.78, 5) is 43.5. The molecule has 0 bridgehead atoms. The van der Waals surface area contributed by atoms with Gasteiger partial charge in [0.1, 0.15) is 12.0 Å². The van der Waals surface area contributed by atoms with Gasteiger partial charge in [0.25, 0.3) is 11.8 Å². The molecule has 0 aliphatic carbocycles. The Morgan fingerprint density at radius 3 is 2.10 bits per heavy atom. The molecule has 2 aromatic carbocycles. The van der Waals surface area contributed by atoms with E-state index in [9.17, 15) is 14.4 Å². The second kappa shape index (κ2) is 7.93. The summed E-state index contributed by atoms with van der Waals surface area (Å²) in [7, 11) is 0. The number of benzene rings is 2. The summed E-state index contributed by atoms with van der Waals surface area (Å²) < 4.78 is 0. The Balaban J connectivity index is 1.60. The largest absolute Gasteiger partial charge is 0.322 e. The molecule has 1 aliphatic rings. The standard InChI is InChI=1S/C22H18N4O3/c27-20-16-10-4-5-11-17(16)21(28)26(20)19(14-15-8-2-1-3-9-15)25-22(29)24-18-12-6-7-13-23-18/h1-13,19H,14H2,(H2,23,24,25,29). The van der Waals surface area contributed by atoms with E-state index < -0.39 is 24.0 Å². The lowest BCUT2D eigenvalue weighted by Crippen LogP contribution is -2.53. The van der Waals surface area contributed by atoms with Crippen LogP contribution in [0.5, 0.6) is 0 Å². The average Bonchev–Trinajstić information content (AvgIpc) is 3.00. The fourth-order valence-electron chi connectivity index (χ4n) is 3.28. The highest BCUT2D eigenvalue weighted by molar-refractivity contribution is 6.21. The number of carbonyl (C=O) groups excluding carboxylic acids is 3. The number of amides is 4. The van der Waals surface area contributed by atoms with Crippen LogP contribution >= 0.6 is 0 Å². The van der Waals surface area contributed by atoms with Crippen molar-refractivity contribution in [2.45, 2.75) is 12.6 Å². The van der Waals surface area contributed by atoms with Crippen LogP contribution < -0.4 is 10.6 Å². The van der Waals surface area contributed by atoms with E-state index in [1.807, 2.05) is 30.3 Å². The lowest BCUT2D eigenvalue weighted by atomic mass is 10.1. The van der Waals surface area contributed by atoms with Crippen LogP contribution in [0.15, 0.2) is 79.0 Å². The topological polar surface area (TPSA) is 91.4 Å². The number of anilines is 1. The highest BCUT2D eigenvalue weighted by atomic mass is 16.2. The predicted octanol–water partition coefficient (Wildman–Crippen LogP) is 3.07. The second-order valence-corrected chi connectivity index (χ2v) is 6.54. The van der Waals surface area contributed by atoms with Crippen LogP contribution in [0.3, 0.4) is 0 Å². The van der Waals surface area contributed by atoms with E-state index in [4.69, 9.17) is 0 Å². The molecule has 7 heteroatoms. The van der Waals surface area contributed by atoms with Crippen molar-refractivity contribution < 1.29 is 14.4 Å². The summed E-state index contributed by atoms with van der Waals surface area (Å²) in [6.45, 7) is 0. The molecule has 4 rings (SSSR count). The zero-order valence-corrected chi connectivity index (χ0v) is 15.4. The van der Waals surface area contributed by atoms with Crippen LogP contribution in [0.2, 0.25) is 0 Å². The van der Waals surface area contributed by atoms with Crippen LogP contribution in [-0.2, 0) is 6.42 Å². The SMILES string of the molecule is O=C(Nc1ccccn1)NC(Cc1ccccc1)N1C(=O)c2ccccc2C1=O. The number of pyridine rings is 1. The highest BCUT2D eigenvalue weighted by Crippen LogP contribution is 2.25. The average molecular weight is 386 g/mol. The molecular weight excluding hydrogens is 368 g/mol. The number of rotatable bonds is 5. The Hall–Kier alpha value is -4.00. The van der Waals surface area contributed by atoms with Gasteiger partial charge in [0.15, 0.2) is 0 Å². The van der Waals surface area contributed by atoms with E-state index in [1.165, 1.54) is 0 Å². The molecule has 0 saturated heterocycles. The van der Waals surface area contributed by atoms with Gasteiger partial charge < -0.3 is 5.32 Å². The minimum atomic E-state index is -0.853. The fourth-order valence-corrected chi connectivity index (χ4v) is 3.28. The molecular formula is C22H18N4O3. The smallest absolute Gasteiger partial charge is 0.317 e. The first-order valence-corrected chi connectivity index (χ1v) is 9.13. The third kappa shape index (κ3) is 3.84. The Morgan fingerprint density at radius 1 is 0.862 bits per heavy atom. The number of carbonyl (C=O) groups is 3. The van der Waals surface area contributed by atoms with Crippen molar-refractivity contribution in [2.24, 2.45) is 0 Å². The third-order valence-electron chi connectivity index (χ3n) is 4.61. The number of imide groups is 1. The van der Waals surface area contributed by atoms with E-state index in [1.54, 1.807) is 48.7 Å². The van der Waals surface area contributed by atoms with Crippen molar-refractivity contribution in [2.75, 3.05) is 5.32 Å². The Kier molecular flexibility index (Phi) is 5.03. The summed E-state index contributed by atoms with van der Waals surface area (Å²) in [5.41, 5.74) is 1.55. The second-order valence-electron chi connectivity index (χ2n) is 6.54. The third-order valence-corrected chi connectivity index (χ3v) is 4.61. The van der Waals surface area contributed by atoms with Crippen molar-refractivity contribution in [1.82, 2.24) is 15.2 Å². The maximum Gasteiger partial charge on any atom is 0.322 e. The molecule has 3 aromatic rings. The molecule has 4 amide bonds. The van der Waals surface area contributed by atoms with Gasteiger partial charge in [-0.25, -0.2) is 9.78 Å². The first kappa shape index (κ1) is 18.4. The highest BCUT2D eigenvalue weighted by Gasteiger charge is 2.40. The normalized spacial score (nSPS) is 13.7. The zero-order valence-electron chi connectivity index (χ0n) is 15.4. The van der Waals surface area contributed by atoms with Crippen LogP contribution in [0.4, 0.5) is 10.6 Å². The van der Waals surface area contributed by atoms with E-state index in [0.29, 0.717) is 16.9 Å². The molecule has 0 radical (unpaired) electrons. The molecule has 2 heterocycles. The number of hydrogen-bond acceptors (Lipinski definition) is 4. The van der Waals surface area contributed by atoms with Gasteiger partial charge in [0, 0.05) is 12.6 Å². The van der Waals surface area contributed by atoms with E-state index in [2.05, 4.69) is 15.6 Å². The molecule has 0 saturated carbocycles. The molecule has 29 heavy (non-hydrogen) atoms. The number of urea groups is 1. The van der Waals surface area contributed by atoms with E-state index >= 15 is 0 Å². The monoisotopic (exact) mass is 386 g/mol. The maximum atomic E-state index is 12.9. The Bertz CT molecular complexity index is 1020. The number of nitrogens with one attached hydrogen (secondary N) is 2. The maximum absolute atomic E-state index is 12.9. The number of aromatic nitrogens is 1. The predicted molar refractivity (Wildman–Crippen MR) is 107 cm³/mol. The lowest BCUT2D eigenvalue weighted by Gasteiger charge is -2.27. The molecule has 1 aromatic heterocycles. The first-order valence-electron chi connectivity index (χ1n) is 9.13. The Morgan fingerprint density at radius 2 is 1.48 bits per heavy atom. The van der Waals surface area contributed by atoms with Gasteiger partial charge in [0.2, 0.25) is 0 Å². The zero-order chi connectivity index (χ0) is 20.2. The van der Waals surface area contributed by atoms with Gasteiger partial charge in [-0.05, 0) is 29.8 Å². The quantitative estimate of drug-likeness (QED) is 0.659. The van der Waals surface area contributed by atoms with E-state index in [-0.39, 0.29) is 6.42 Å². The fraction of sp³-hybridized carbons (Fsp3) is 0.0909. The number of fused-ring (bicyclic) bond motifs is 1. The molecule has 1 aliphatic heterocycles. The Labute approximate surface area is 167 Å². The van der Waals surface area contributed by atoms with Crippen molar-refractivity contribution >= 4 is 23.7 Å². The summed E-state index contributed by atoms with van der Waals surface area (Å²) in [5.74, 6) is -0.486. The van der Waals surface area contributed by atoms with Crippen molar-refractivity contribution in [3.05, 3.63) is 95.7 Å². The minimum absolute atomic E-state index is 0.280. The molecule has 144 valence electrons. The molecule has 0 spiro atoms. The summed E-state index contributed by atoms with van der Waals surface area (Å²) >= 11 is 0. The van der Waals surface area contributed by atoms with Crippen LogP contribution in [0, 0.1) is 0 Å². The number of hydrogen-bond donors (Lipinski definition) is 2. The molecule has 2 N–H and O–H groups in total. The minimum Gasteiger partial charge on any atom is -0.317 e. The number of nitrogens with zero attached hydrogens (tertiary/aromatic N) is 2. The van der Waals surface area contributed by atoms with Gasteiger partial charge in [-0.1, -0.05) is 48.5 Å². The molecule has 1 atom stereocenters. The molecule has 7 nitrogen and oxygen atoms in total. The van der Waals surface area contributed by atoms with Gasteiger partial charge in [-0.2, -0.15) is 0 Å². The van der Waals surface area contributed by atoms with Gasteiger partial charge in [-0.3, -0.25) is 19.8 Å². The van der Waals surface area contributed by atoms with Crippen LogP contribution in [0.1, 0.15) is 26.3 Å². The van der Waals surface area contributed by atoms with Gasteiger partial charge in [-0.15, -0.1) is 0 Å². The van der Waals surface area contributed by atoms with Crippen molar-refractivity contribution in [3.8, 4) is 0 Å². The lowest BCUT2D eigenvalue weighted by molar-refractivity contribution is 0.0565. The van der Waals surface area contributed by atoms with Crippen molar-refractivity contribution in [1.29, 1.82) is 0 Å². The van der Waals surface area contributed by atoms with E-state index in [0.717, 1.165) is 10.5 Å². The molecule has 1 unspecified atom stereocenters. The van der Waals surface area contributed by atoms with Crippen LogP contribution in [-0.4, -0.2) is 33.9 Å². The first-order chi connectivity index (χ1) is 14.1. The van der Waals surface area contributed by atoms with Crippen LogP contribution in [0.25, 0.3) is 0 Å².